The Balaban J connectivity index is 1.83. The van der Waals surface area contributed by atoms with Gasteiger partial charge in [0, 0.05) is 6.54 Å². The fraction of sp³-hybridized carbons (Fsp3) is 0.474. The average Bonchev–Trinajstić information content (AvgIpc) is 2.86. The Morgan fingerprint density at radius 1 is 1.12 bits per heavy atom. The first kappa shape index (κ1) is 18.8. The smallest absolute Gasteiger partial charge is 0.216 e. The molecule has 0 fully saturated rings. The first-order valence-corrected chi connectivity index (χ1v) is 8.64. The quantitative estimate of drug-likeness (QED) is 0.459. The molecule has 0 aliphatic heterocycles. The summed E-state index contributed by atoms with van der Waals surface area (Å²) in [4.78, 5) is 8.83. The second-order valence-electron chi connectivity index (χ2n) is 6.04. The van der Waals surface area contributed by atoms with Crippen LogP contribution in [0.3, 0.4) is 0 Å². The highest BCUT2D eigenvalue weighted by Gasteiger charge is 2.05. The molecule has 6 heteroatoms. The molecule has 0 spiro atoms. The molecule has 136 valence electrons. The van der Waals surface area contributed by atoms with E-state index in [0.717, 1.165) is 29.7 Å². The third-order valence-corrected chi connectivity index (χ3v) is 3.65. The highest BCUT2D eigenvalue weighted by molar-refractivity contribution is 5.79. The summed E-state index contributed by atoms with van der Waals surface area (Å²) >= 11 is 0. The molecule has 1 aromatic heterocycles. The van der Waals surface area contributed by atoms with Crippen LogP contribution < -0.4 is 15.4 Å². The van der Waals surface area contributed by atoms with Gasteiger partial charge in [0.1, 0.15) is 24.7 Å². The van der Waals surface area contributed by atoms with Crippen LogP contribution in [-0.2, 0) is 6.54 Å². The SMILES string of the molecule is CCNC(=NCc1nc(C)c(C)o1)NCCOc1cc(C)cc(C)c1. The van der Waals surface area contributed by atoms with Crippen molar-refractivity contribution in [3.63, 3.8) is 0 Å². The lowest BCUT2D eigenvalue weighted by atomic mass is 10.1. The zero-order chi connectivity index (χ0) is 18.2. The van der Waals surface area contributed by atoms with Crippen LogP contribution in [0.15, 0.2) is 27.6 Å². The van der Waals surface area contributed by atoms with Gasteiger partial charge in [-0.2, -0.15) is 0 Å². The highest BCUT2D eigenvalue weighted by atomic mass is 16.5. The van der Waals surface area contributed by atoms with Crippen molar-refractivity contribution in [3.8, 4) is 5.75 Å². The number of nitrogens with one attached hydrogen (secondary N) is 2. The fourth-order valence-corrected chi connectivity index (χ4v) is 2.45. The molecule has 2 rings (SSSR count). The first-order valence-electron chi connectivity index (χ1n) is 8.64. The van der Waals surface area contributed by atoms with Gasteiger partial charge in [0.15, 0.2) is 5.96 Å². The lowest BCUT2D eigenvalue weighted by Gasteiger charge is -2.12. The Hall–Kier alpha value is -2.50. The van der Waals surface area contributed by atoms with E-state index in [1.54, 1.807) is 0 Å². The molecule has 0 saturated carbocycles. The van der Waals surface area contributed by atoms with Gasteiger partial charge >= 0.3 is 0 Å². The molecule has 2 aromatic rings. The molecule has 0 radical (unpaired) electrons. The Labute approximate surface area is 149 Å². The van der Waals surface area contributed by atoms with Gasteiger partial charge in [-0.15, -0.1) is 0 Å². The van der Waals surface area contributed by atoms with E-state index < -0.39 is 0 Å². The maximum absolute atomic E-state index is 5.80. The molecule has 25 heavy (non-hydrogen) atoms. The Morgan fingerprint density at radius 2 is 1.84 bits per heavy atom. The molecule has 0 aliphatic carbocycles. The second kappa shape index (κ2) is 9.11. The summed E-state index contributed by atoms with van der Waals surface area (Å²) in [5.74, 6) is 3.08. The van der Waals surface area contributed by atoms with Crippen molar-refractivity contribution in [1.29, 1.82) is 0 Å². The fourth-order valence-electron chi connectivity index (χ4n) is 2.45. The van der Waals surface area contributed by atoms with Crippen molar-refractivity contribution in [1.82, 2.24) is 15.6 Å². The van der Waals surface area contributed by atoms with Crippen molar-refractivity contribution < 1.29 is 9.15 Å². The second-order valence-corrected chi connectivity index (χ2v) is 6.04. The molecule has 0 amide bonds. The molecule has 1 aromatic carbocycles. The molecule has 0 atom stereocenters. The minimum absolute atomic E-state index is 0.405. The zero-order valence-electron chi connectivity index (χ0n) is 15.8. The molecule has 0 saturated heterocycles. The van der Waals surface area contributed by atoms with E-state index in [1.807, 2.05) is 32.9 Å². The van der Waals surface area contributed by atoms with Gasteiger partial charge in [-0.1, -0.05) is 6.07 Å². The molecule has 0 aliphatic rings. The van der Waals surface area contributed by atoms with Crippen molar-refractivity contribution in [3.05, 3.63) is 46.7 Å². The number of hydrogen-bond acceptors (Lipinski definition) is 4. The van der Waals surface area contributed by atoms with E-state index in [9.17, 15) is 0 Å². The van der Waals surface area contributed by atoms with E-state index in [4.69, 9.17) is 9.15 Å². The third-order valence-electron chi connectivity index (χ3n) is 3.65. The number of aryl methyl sites for hydroxylation is 4. The van der Waals surface area contributed by atoms with Crippen LogP contribution in [0.2, 0.25) is 0 Å². The standard InChI is InChI=1S/C19H28N4O2/c1-6-20-19(22-12-18-23-15(4)16(5)25-18)21-7-8-24-17-10-13(2)9-14(3)11-17/h9-11H,6-8,12H2,1-5H3,(H2,20,21,22). The summed E-state index contributed by atoms with van der Waals surface area (Å²) in [6.07, 6.45) is 0. The predicted molar refractivity (Wildman–Crippen MR) is 100 cm³/mol. The maximum Gasteiger partial charge on any atom is 0.216 e. The lowest BCUT2D eigenvalue weighted by molar-refractivity contribution is 0.321. The minimum atomic E-state index is 0.405. The van der Waals surface area contributed by atoms with Crippen LogP contribution in [-0.4, -0.2) is 30.6 Å². The van der Waals surface area contributed by atoms with Crippen molar-refractivity contribution in [2.75, 3.05) is 19.7 Å². The average molecular weight is 344 g/mol. The topological polar surface area (TPSA) is 71.7 Å². The molecule has 0 bridgehead atoms. The van der Waals surface area contributed by atoms with Crippen LogP contribution in [0.1, 0.15) is 35.4 Å². The molecule has 1 heterocycles. The van der Waals surface area contributed by atoms with Gasteiger partial charge in [-0.05, 0) is 57.9 Å². The normalized spacial score (nSPS) is 11.5. The Bertz CT molecular complexity index is 682. The van der Waals surface area contributed by atoms with Gasteiger partial charge in [-0.25, -0.2) is 9.98 Å². The largest absolute Gasteiger partial charge is 0.492 e. The molecule has 6 nitrogen and oxygen atoms in total. The number of benzene rings is 1. The van der Waals surface area contributed by atoms with E-state index >= 15 is 0 Å². The summed E-state index contributed by atoms with van der Waals surface area (Å²) in [6, 6.07) is 6.21. The highest BCUT2D eigenvalue weighted by Crippen LogP contribution is 2.15. The summed E-state index contributed by atoms with van der Waals surface area (Å²) < 4.78 is 11.4. The maximum atomic E-state index is 5.80. The van der Waals surface area contributed by atoms with Crippen molar-refractivity contribution in [2.45, 2.75) is 41.2 Å². The summed E-state index contributed by atoms with van der Waals surface area (Å²) in [5, 5.41) is 6.46. The Kier molecular flexibility index (Phi) is 6.86. The van der Waals surface area contributed by atoms with Crippen LogP contribution >= 0.6 is 0 Å². The molecule has 0 unspecified atom stereocenters. The molecular formula is C19H28N4O2. The predicted octanol–water partition coefficient (Wildman–Crippen LogP) is 3.04. The number of aliphatic imine (C=N–C) groups is 1. The monoisotopic (exact) mass is 344 g/mol. The number of hydrogen-bond donors (Lipinski definition) is 2. The molecule has 2 N–H and O–H groups in total. The van der Waals surface area contributed by atoms with E-state index in [1.165, 1.54) is 11.1 Å². The van der Waals surface area contributed by atoms with E-state index in [2.05, 4.69) is 40.5 Å². The van der Waals surface area contributed by atoms with Gasteiger partial charge in [0.05, 0.1) is 12.2 Å². The van der Waals surface area contributed by atoms with Gasteiger partial charge in [-0.3, -0.25) is 0 Å². The number of rotatable bonds is 7. The lowest BCUT2D eigenvalue weighted by Crippen LogP contribution is -2.39. The number of aromatic nitrogens is 1. The molecular weight excluding hydrogens is 316 g/mol. The first-order chi connectivity index (χ1) is 12.0. The number of guanidine groups is 1. The zero-order valence-corrected chi connectivity index (χ0v) is 15.8. The summed E-state index contributed by atoms with van der Waals surface area (Å²) in [7, 11) is 0. The summed E-state index contributed by atoms with van der Waals surface area (Å²) in [5.41, 5.74) is 3.31. The van der Waals surface area contributed by atoms with Gasteiger partial charge in [0.25, 0.3) is 0 Å². The summed E-state index contributed by atoms with van der Waals surface area (Å²) in [6.45, 7) is 12.4. The van der Waals surface area contributed by atoms with Crippen LogP contribution in [0, 0.1) is 27.7 Å². The number of oxazole rings is 1. The van der Waals surface area contributed by atoms with Crippen molar-refractivity contribution in [2.24, 2.45) is 4.99 Å². The minimum Gasteiger partial charge on any atom is -0.492 e. The number of ether oxygens (including phenoxy) is 1. The number of nitrogens with zero attached hydrogens (tertiary/aromatic N) is 2. The van der Waals surface area contributed by atoms with E-state index in [0.29, 0.717) is 25.6 Å². The van der Waals surface area contributed by atoms with Crippen LogP contribution in [0.25, 0.3) is 0 Å². The van der Waals surface area contributed by atoms with Gasteiger partial charge < -0.3 is 19.8 Å². The van der Waals surface area contributed by atoms with Crippen LogP contribution in [0.5, 0.6) is 5.75 Å². The third kappa shape index (κ3) is 6.14. The van der Waals surface area contributed by atoms with Crippen LogP contribution in [0.4, 0.5) is 0 Å². The Morgan fingerprint density at radius 3 is 2.44 bits per heavy atom. The van der Waals surface area contributed by atoms with E-state index in [-0.39, 0.29) is 0 Å². The van der Waals surface area contributed by atoms with Crippen molar-refractivity contribution >= 4 is 5.96 Å². The van der Waals surface area contributed by atoms with Gasteiger partial charge in [0.2, 0.25) is 5.89 Å².